The lowest BCUT2D eigenvalue weighted by Crippen LogP contribution is -1.73. The molecule has 0 amide bonds. The van der Waals surface area contributed by atoms with E-state index in [9.17, 15) is 0 Å². The van der Waals surface area contributed by atoms with Gasteiger partial charge in [0.2, 0.25) is 0 Å². The van der Waals surface area contributed by atoms with Crippen LogP contribution in [-0.2, 0) is 0 Å². The molecule has 0 aliphatic carbocycles. The standard InChI is InChI=1S/C10H11NS.3C2H6/c1-3-9(7-11-4-2)10-5-6-12-8-10;3*1-2/h3-8H,1H2,2H3;3*1-2H3/b9-7+,11-4?;;;. The highest BCUT2D eigenvalue weighted by Crippen LogP contribution is 2.18. The van der Waals surface area contributed by atoms with Crippen LogP contribution in [0.4, 0.5) is 0 Å². The summed E-state index contributed by atoms with van der Waals surface area (Å²) in [5.74, 6) is 0. The van der Waals surface area contributed by atoms with Crippen molar-refractivity contribution in [3.05, 3.63) is 41.2 Å². The molecule has 1 heterocycles. The van der Waals surface area contributed by atoms with Crippen LogP contribution in [0.15, 0.2) is 40.7 Å². The average Bonchev–Trinajstić information content (AvgIpc) is 3.00. The highest BCUT2D eigenvalue weighted by Gasteiger charge is 1.94. The molecule has 1 rings (SSSR count). The van der Waals surface area contributed by atoms with Crippen LogP contribution in [-0.4, -0.2) is 6.21 Å². The zero-order valence-corrected chi connectivity index (χ0v) is 13.8. The molecule has 0 fully saturated rings. The van der Waals surface area contributed by atoms with Gasteiger partial charge in [0.15, 0.2) is 0 Å². The van der Waals surface area contributed by atoms with Crippen molar-refractivity contribution in [1.82, 2.24) is 0 Å². The van der Waals surface area contributed by atoms with Crippen molar-refractivity contribution < 1.29 is 0 Å². The maximum Gasteiger partial charge on any atom is 0.0342 e. The largest absolute Gasteiger partial charge is 0.269 e. The Morgan fingerprint density at radius 3 is 2.06 bits per heavy atom. The summed E-state index contributed by atoms with van der Waals surface area (Å²) >= 11 is 1.68. The molecule has 0 radical (unpaired) electrons. The van der Waals surface area contributed by atoms with E-state index in [1.165, 1.54) is 5.56 Å². The monoisotopic (exact) mass is 267 g/mol. The van der Waals surface area contributed by atoms with Gasteiger partial charge in [0.25, 0.3) is 0 Å². The van der Waals surface area contributed by atoms with E-state index in [2.05, 4.69) is 23.0 Å². The van der Waals surface area contributed by atoms with E-state index >= 15 is 0 Å². The van der Waals surface area contributed by atoms with E-state index in [1.807, 2.05) is 66.1 Å². The second-order valence-corrected chi connectivity index (χ2v) is 2.99. The van der Waals surface area contributed by atoms with Crippen LogP contribution in [0.25, 0.3) is 5.57 Å². The van der Waals surface area contributed by atoms with Crippen molar-refractivity contribution in [2.75, 3.05) is 0 Å². The zero-order valence-electron chi connectivity index (χ0n) is 13.0. The van der Waals surface area contributed by atoms with Gasteiger partial charge in [0.1, 0.15) is 0 Å². The molecule has 0 aromatic carbocycles. The maximum absolute atomic E-state index is 4.05. The Morgan fingerprint density at radius 1 is 1.17 bits per heavy atom. The van der Waals surface area contributed by atoms with Gasteiger partial charge in [-0.1, -0.05) is 54.2 Å². The highest BCUT2D eigenvalue weighted by molar-refractivity contribution is 7.08. The summed E-state index contributed by atoms with van der Waals surface area (Å²) in [5, 5.41) is 4.13. The molecule has 1 aromatic heterocycles. The van der Waals surface area contributed by atoms with Gasteiger partial charge in [-0.25, -0.2) is 0 Å². The number of nitrogens with zero attached hydrogens (tertiary/aromatic N) is 1. The molecular formula is C16H29NS. The molecule has 104 valence electrons. The second kappa shape index (κ2) is 21.2. The summed E-state index contributed by atoms with van der Waals surface area (Å²) in [6.45, 7) is 17.6. The van der Waals surface area contributed by atoms with Crippen LogP contribution in [0.2, 0.25) is 0 Å². The number of rotatable bonds is 3. The second-order valence-electron chi connectivity index (χ2n) is 2.21. The molecule has 1 aromatic rings. The summed E-state index contributed by atoms with van der Waals surface area (Å²) in [4.78, 5) is 4.05. The van der Waals surface area contributed by atoms with E-state index in [1.54, 1.807) is 17.6 Å². The Hall–Kier alpha value is -1.15. The lowest BCUT2D eigenvalue weighted by Gasteiger charge is -1.93. The molecule has 0 unspecified atom stereocenters. The summed E-state index contributed by atoms with van der Waals surface area (Å²) in [6.07, 6.45) is 5.39. The SMILES string of the molecule is C=C/C(=C\N=CC)c1ccsc1.CC.CC.CC. The van der Waals surface area contributed by atoms with Gasteiger partial charge < -0.3 is 0 Å². The van der Waals surface area contributed by atoms with E-state index < -0.39 is 0 Å². The first-order valence-electron chi connectivity index (χ1n) is 6.71. The minimum Gasteiger partial charge on any atom is -0.269 e. The van der Waals surface area contributed by atoms with Crippen molar-refractivity contribution >= 4 is 23.1 Å². The quantitative estimate of drug-likeness (QED) is 0.441. The van der Waals surface area contributed by atoms with Crippen molar-refractivity contribution in [1.29, 1.82) is 0 Å². The summed E-state index contributed by atoms with van der Waals surface area (Å²) in [7, 11) is 0. The number of hydrogen-bond acceptors (Lipinski definition) is 2. The first-order chi connectivity index (χ1) is 8.88. The third kappa shape index (κ3) is 11.3. The van der Waals surface area contributed by atoms with Gasteiger partial charge in [0, 0.05) is 18.0 Å². The lowest BCUT2D eigenvalue weighted by atomic mass is 10.1. The predicted molar refractivity (Wildman–Crippen MR) is 90.7 cm³/mol. The van der Waals surface area contributed by atoms with Gasteiger partial charge in [-0.2, -0.15) is 11.3 Å². The van der Waals surface area contributed by atoms with Crippen LogP contribution < -0.4 is 0 Å². The molecule has 2 heteroatoms. The van der Waals surface area contributed by atoms with E-state index in [-0.39, 0.29) is 0 Å². The van der Waals surface area contributed by atoms with Gasteiger partial charge in [-0.3, -0.25) is 4.99 Å². The molecule has 0 saturated heterocycles. The summed E-state index contributed by atoms with van der Waals surface area (Å²) in [5.41, 5.74) is 2.25. The Labute approximate surface area is 118 Å². The maximum atomic E-state index is 4.05. The molecule has 1 nitrogen and oxygen atoms in total. The van der Waals surface area contributed by atoms with Gasteiger partial charge in [-0.05, 0) is 29.3 Å². The van der Waals surface area contributed by atoms with Gasteiger partial charge in [-0.15, -0.1) is 0 Å². The molecule has 0 aliphatic rings. The predicted octanol–water partition coefficient (Wildman–Crippen LogP) is 6.44. The Kier molecular flexibility index (Phi) is 26.0. The fourth-order valence-electron chi connectivity index (χ4n) is 0.829. The Morgan fingerprint density at radius 2 is 1.72 bits per heavy atom. The number of allylic oxidation sites excluding steroid dienone is 2. The molecule has 18 heavy (non-hydrogen) atoms. The smallest absolute Gasteiger partial charge is 0.0342 e. The number of hydrogen-bond donors (Lipinski definition) is 0. The fourth-order valence-corrected chi connectivity index (χ4v) is 1.49. The zero-order chi connectivity index (χ0) is 14.8. The molecule has 0 spiro atoms. The number of aliphatic imine (C=N–C) groups is 1. The molecule has 0 atom stereocenters. The van der Waals surface area contributed by atoms with E-state index in [4.69, 9.17) is 0 Å². The van der Waals surface area contributed by atoms with Crippen LogP contribution in [0, 0.1) is 0 Å². The van der Waals surface area contributed by atoms with Gasteiger partial charge >= 0.3 is 0 Å². The summed E-state index contributed by atoms with van der Waals surface area (Å²) in [6, 6.07) is 2.06. The fraction of sp³-hybridized carbons (Fsp3) is 0.438. The molecular weight excluding hydrogens is 238 g/mol. The van der Waals surface area contributed by atoms with Crippen molar-refractivity contribution in [3.63, 3.8) is 0 Å². The minimum absolute atomic E-state index is 1.06. The third-order valence-electron chi connectivity index (χ3n) is 1.44. The van der Waals surface area contributed by atoms with Gasteiger partial charge in [0.05, 0.1) is 0 Å². The first kappa shape index (κ1) is 22.1. The van der Waals surface area contributed by atoms with E-state index in [0.29, 0.717) is 0 Å². The first-order valence-corrected chi connectivity index (χ1v) is 7.65. The van der Waals surface area contributed by atoms with Crippen LogP contribution in [0.1, 0.15) is 54.0 Å². The highest BCUT2D eigenvalue weighted by atomic mass is 32.1. The van der Waals surface area contributed by atoms with Crippen molar-refractivity contribution in [3.8, 4) is 0 Å². The molecule has 0 aliphatic heterocycles. The number of thiophene rings is 1. The minimum atomic E-state index is 1.06. The van der Waals surface area contributed by atoms with Crippen molar-refractivity contribution in [2.24, 2.45) is 4.99 Å². The molecule has 0 bridgehead atoms. The van der Waals surface area contributed by atoms with Crippen LogP contribution >= 0.6 is 11.3 Å². The summed E-state index contributed by atoms with van der Waals surface area (Å²) < 4.78 is 0. The lowest BCUT2D eigenvalue weighted by molar-refractivity contribution is 1.50. The average molecular weight is 267 g/mol. The normalized spacial score (nSPS) is 9.17. The Balaban J connectivity index is -0.000000328. The molecule has 0 saturated carbocycles. The Bertz CT molecular complexity index is 295. The third-order valence-corrected chi connectivity index (χ3v) is 2.12. The van der Waals surface area contributed by atoms with Crippen molar-refractivity contribution in [2.45, 2.75) is 48.5 Å². The molecule has 0 N–H and O–H groups in total. The van der Waals surface area contributed by atoms with E-state index in [0.717, 1.165) is 5.57 Å². The van der Waals surface area contributed by atoms with Crippen LogP contribution in [0.5, 0.6) is 0 Å². The van der Waals surface area contributed by atoms with Crippen LogP contribution in [0.3, 0.4) is 0 Å². The topological polar surface area (TPSA) is 12.4 Å².